The lowest BCUT2D eigenvalue weighted by molar-refractivity contribution is 0.309. The fraction of sp³-hybridized carbons (Fsp3) is 0.500. The second-order valence-electron chi connectivity index (χ2n) is 3.21. The summed E-state index contributed by atoms with van der Waals surface area (Å²) in [5.74, 6) is 1.81. The first kappa shape index (κ1) is 12.4. The van der Waals surface area contributed by atoms with Gasteiger partial charge in [-0.15, -0.1) is 0 Å². The SMILES string of the molecule is CCCOc1ccc(OCCCBr)cc1. The second kappa shape index (κ2) is 7.57. The van der Waals surface area contributed by atoms with E-state index in [0.29, 0.717) is 0 Å². The summed E-state index contributed by atoms with van der Waals surface area (Å²) in [4.78, 5) is 0. The molecule has 15 heavy (non-hydrogen) atoms. The minimum Gasteiger partial charge on any atom is -0.494 e. The predicted octanol–water partition coefficient (Wildman–Crippen LogP) is 3.64. The number of benzene rings is 1. The number of rotatable bonds is 7. The molecule has 1 rings (SSSR count). The highest BCUT2D eigenvalue weighted by Crippen LogP contribution is 2.17. The molecular formula is C12H17BrO2. The van der Waals surface area contributed by atoms with Crippen LogP contribution in [0.2, 0.25) is 0 Å². The van der Waals surface area contributed by atoms with Crippen molar-refractivity contribution < 1.29 is 9.47 Å². The molecule has 1 aromatic carbocycles. The molecule has 2 nitrogen and oxygen atoms in total. The maximum Gasteiger partial charge on any atom is 0.119 e. The lowest BCUT2D eigenvalue weighted by Crippen LogP contribution is -1.98. The van der Waals surface area contributed by atoms with Crippen molar-refractivity contribution in [2.24, 2.45) is 0 Å². The Hall–Kier alpha value is -0.700. The molecule has 0 aliphatic rings. The summed E-state index contributed by atoms with van der Waals surface area (Å²) < 4.78 is 11.0. The molecule has 0 saturated carbocycles. The van der Waals surface area contributed by atoms with Crippen LogP contribution in [0.5, 0.6) is 11.5 Å². The van der Waals surface area contributed by atoms with Crippen LogP contribution < -0.4 is 9.47 Å². The van der Waals surface area contributed by atoms with Crippen molar-refractivity contribution in [3.05, 3.63) is 24.3 Å². The fourth-order valence-corrected chi connectivity index (χ4v) is 1.33. The van der Waals surface area contributed by atoms with Crippen LogP contribution in [0.3, 0.4) is 0 Å². The molecule has 84 valence electrons. The van der Waals surface area contributed by atoms with Crippen molar-refractivity contribution in [3.8, 4) is 11.5 Å². The van der Waals surface area contributed by atoms with E-state index >= 15 is 0 Å². The molecule has 0 heterocycles. The number of alkyl halides is 1. The van der Waals surface area contributed by atoms with Gasteiger partial charge in [0.15, 0.2) is 0 Å². The van der Waals surface area contributed by atoms with E-state index in [1.165, 1.54) is 0 Å². The minimum absolute atomic E-state index is 0.750. The maximum atomic E-state index is 5.52. The summed E-state index contributed by atoms with van der Waals surface area (Å²) in [6, 6.07) is 7.77. The zero-order valence-electron chi connectivity index (χ0n) is 9.04. The zero-order chi connectivity index (χ0) is 10.9. The molecule has 0 bridgehead atoms. The van der Waals surface area contributed by atoms with E-state index in [1.807, 2.05) is 24.3 Å². The summed E-state index contributed by atoms with van der Waals surface area (Å²) in [6.45, 7) is 3.61. The van der Waals surface area contributed by atoms with E-state index in [0.717, 1.165) is 42.9 Å². The minimum atomic E-state index is 0.750. The van der Waals surface area contributed by atoms with Gasteiger partial charge in [0.25, 0.3) is 0 Å². The van der Waals surface area contributed by atoms with Crippen LogP contribution in [0, 0.1) is 0 Å². The van der Waals surface area contributed by atoms with E-state index in [1.54, 1.807) is 0 Å². The lowest BCUT2D eigenvalue weighted by atomic mass is 10.3. The van der Waals surface area contributed by atoms with Crippen molar-refractivity contribution in [2.75, 3.05) is 18.5 Å². The Bertz CT molecular complexity index is 259. The monoisotopic (exact) mass is 272 g/mol. The number of hydrogen-bond acceptors (Lipinski definition) is 2. The van der Waals surface area contributed by atoms with E-state index in [2.05, 4.69) is 22.9 Å². The van der Waals surface area contributed by atoms with Crippen molar-refractivity contribution in [3.63, 3.8) is 0 Å². The molecule has 3 heteroatoms. The third kappa shape index (κ3) is 5.07. The van der Waals surface area contributed by atoms with Crippen LogP contribution in [-0.4, -0.2) is 18.5 Å². The second-order valence-corrected chi connectivity index (χ2v) is 4.00. The van der Waals surface area contributed by atoms with Gasteiger partial charge in [0.2, 0.25) is 0 Å². The molecule has 0 saturated heterocycles. The summed E-state index contributed by atoms with van der Waals surface area (Å²) in [7, 11) is 0. The van der Waals surface area contributed by atoms with Crippen molar-refractivity contribution in [1.82, 2.24) is 0 Å². The average Bonchev–Trinajstić information content (AvgIpc) is 2.28. The zero-order valence-corrected chi connectivity index (χ0v) is 10.6. The van der Waals surface area contributed by atoms with Gasteiger partial charge in [0.05, 0.1) is 13.2 Å². The van der Waals surface area contributed by atoms with Crippen LogP contribution in [0.1, 0.15) is 19.8 Å². The Kier molecular flexibility index (Phi) is 6.25. The molecule has 0 amide bonds. The molecule has 0 aliphatic carbocycles. The summed E-state index contributed by atoms with van der Waals surface area (Å²) in [6.07, 6.45) is 2.05. The first-order valence-corrected chi connectivity index (χ1v) is 6.40. The van der Waals surface area contributed by atoms with Crippen LogP contribution in [0.15, 0.2) is 24.3 Å². The van der Waals surface area contributed by atoms with Crippen molar-refractivity contribution in [2.45, 2.75) is 19.8 Å². The Labute approximate surface area is 99.7 Å². The van der Waals surface area contributed by atoms with Crippen molar-refractivity contribution in [1.29, 1.82) is 0 Å². The number of halogens is 1. The van der Waals surface area contributed by atoms with E-state index in [9.17, 15) is 0 Å². The van der Waals surface area contributed by atoms with Crippen LogP contribution in [0.25, 0.3) is 0 Å². The quantitative estimate of drug-likeness (QED) is 0.557. The van der Waals surface area contributed by atoms with Gasteiger partial charge in [-0.3, -0.25) is 0 Å². The molecule has 0 aliphatic heterocycles. The molecule has 0 fully saturated rings. The largest absolute Gasteiger partial charge is 0.494 e. The maximum absolute atomic E-state index is 5.52. The van der Waals surface area contributed by atoms with Crippen LogP contribution in [0.4, 0.5) is 0 Å². The summed E-state index contributed by atoms with van der Waals surface area (Å²) >= 11 is 3.36. The Morgan fingerprint density at radius 3 is 2.00 bits per heavy atom. The average molecular weight is 273 g/mol. The van der Waals surface area contributed by atoms with Crippen LogP contribution >= 0.6 is 15.9 Å². The Balaban J connectivity index is 2.35. The van der Waals surface area contributed by atoms with Gasteiger partial charge in [0.1, 0.15) is 11.5 Å². The Morgan fingerprint density at radius 1 is 1.00 bits per heavy atom. The lowest BCUT2D eigenvalue weighted by Gasteiger charge is -2.07. The molecule has 0 atom stereocenters. The smallest absolute Gasteiger partial charge is 0.119 e. The Morgan fingerprint density at radius 2 is 1.53 bits per heavy atom. The predicted molar refractivity (Wildman–Crippen MR) is 66.1 cm³/mol. The first-order valence-electron chi connectivity index (χ1n) is 5.28. The normalized spacial score (nSPS) is 10.0. The van der Waals surface area contributed by atoms with Gasteiger partial charge in [-0.2, -0.15) is 0 Å². The molecule has 0 spiro atoms. The van der Waals surface area contributed by atoms with Gasteiger partial charge in [-0.05, 0) is 37.1 Å². The molecule has 0 unspecified atom stereocenters. The molecular weight excluding hydrogens is 256 g/mol. The highest BCUT2D eigenvalue weighted by molar-refractivity contribution is 9.09. The topological polar surface area (TPSA) is 18.5 Å². The standard InChI is InChI=1S/C12H17BrO2/c1-2-9-14-11-4-6-12(7-5-11)15-10-3-8-13/h4-7H,2-3,8-10H2,1H3. The van der Waals surface area contributed by atoms with E-state index in [4.69, 9.17) is 9.47 Å². The van der Waals surface area contributed by atoms with E-state index < -0.39 is 0 Å². The highest BCUT2D eigenvalue weighted by Gasteiger charge is 1.95. The van der Waals surface area contributed by atoms with Gasteiger partial charge in [-0.1, -0.05) is 22.9 Å². The van der Waals surface area contributed by atoms with Crippen molar-refractivity contribution >= 4 is 15.9 Å². The molecule has 0 N–H and O–H groups in total. The van der Waals surface area contributed by atoms with E-state index in [-0.39, 0.29) is 0 Å². The van der Waals surface area contributed by atoms with Gasteiger partial charge in [0, 0.05) is 5.33 Å². The fourth-order valence-electron chi connectivity index (χ4n) is 1.10. The highest BCUT2D eigenvalue weighted by atomic mass is 79.9. The molecule has 0 radical (unpaired) electrons. The van der Waals surface area contributed by atoms with Gasteiger partial charge in [-0.25, -0.2) is 0 Å². The van der Waals surface area contributed by atoms with Gasteiger partial charge >= 0.3 is 0 Å². The summed E-state index contributed by atoms with van der Waals surface area (Å²) in [5.41, 5.74) is 0. The number of hydrogen-bond donors (Lipinski definition) is 0. The molecule has 0 aromatic heterocycles. The van der Waals surface area contributed by atoms with Crippen LogP contribution in [-0.2, 0) is 0 Å². The van der Waals surface area contributed by atoms with Gasteiger partial charge < -0.3 is 9.47 Å². The molecule has 1 aromatic rings. The number of ether oxygens (including phenoxy) is 2. The first-order chi connectivity index (χ1) is 7.36. The summed E-state index contributed by atoms with van der Waals surface area (Å²) in [5, 5.41) is 0.977. The third-order valence-corrected chi connectivity index (χ3v) is 2.40. The third-order valence-electron chi connectivity index (χ3n) is 1.84.